The number of benzene rings is 1. The molecule has 2 rings (SSSR count). The second kappa shape index (κ2) is 6.60. The van der Waals surface area contributed by atoms with E-state index in [9.17, 15) is 14.7 Å². The van der Waals surface area contributed by atoms with E-state index >= 15 is 0 Å². The molecule has 23 heavy (non-hydrogen) atoms. The quantitative estimate of drug-likeness (QED) is 0.849. The van der Waals surface area contributed by atoms with Crippen molar-refractivity contribution in [3.63, 3.8) is 0 Å². The Bertz CT molecular complexity index is 712. The van der Waals surface area contributed by atoms with E-state index in [4.69, 9.17) is 0 Å². The maximum absolute atomic E-state index is 12.4. The van der Waals surface area contributed by atoms with E-state index < -0.39 is 17.4 Å². The smallest absolute Gasteiger partial charge is 0.329 e. The largest absolute Gasteiger partial charge is 0.480 e. The van der Waals surface area contributed by atoms with Gasteiger partial charge in [-0.05, 0) is 44.0 Å². The standard InChI is InChI=1S/C16H20N4O3/c1-4-7-16(3,15(22)23)19-14(21)12-5-6-13(11(2)8-12)20-10-17-9-18-20/h5-6,8-10H,4,7H2,1-3H3,(H,19,21)(H,22,23). The Labute approximate surface area is 134 Å². The number of hydrogen-bond donors (Lipinski definition) is 2. The summed E-state index contributed by atoms with van der Waals surface area (Å²) in [6.45, 7) is 5.26. The molecule has 0 spiro atoms. The minimum atomic E-state index is -1.27. The van der Waals surface area contributed by atoms with Crippen molar-refractivity contribution in [2.24, 2.45) is 0 Å². The predicted molar refractivity (Wildman–Crippen MR) is 84.5 cm³/mol. The lowest BCUT2D eigenvalue weighted by Crippen LogP contribution is -2.52. The van der Waals surface area contributed by atoms with Crippen LogP contribution in [0.1, 0.15) is 42.6 Å². The zero-order valence-corrected chi connectivity index (χ0v) is 13.4. The highest BCUT2D eigenvalue weighted by Gasteiger charge is 2.34. The van der Waals surface area contributed by atoms with Crippen LogP contribution in [0.5, 0.6) is 0 Å². The van der Waals surface area contributed by atoms with Gasteiger partial charge in [0.2, 0.25) is 0 Å². The lowest BCUT2D eigenvalue weighted by Gasteiger charge is -2.26. The molecule has 2 aromatic rings. The van der Waals surface area contributed by atoms with Crippen molar-refractivity contribution in [1.29, 1.82) is 0 Å². The van der Waals surface area contributed by atoms with E-state index in [0.29, 0.717) is 18.4 Å². The number of rotatable bonds is 6. The van der Waals surface area contributed by atoms with Gasteiger partial charge in [-0.15, -0.1) is 0 Å². The Morgan fingerprint density at radius 2 is 2.13 bits per heavy atom. The number of carbonyl (C=O) groups is 2. The lowest BCUT2D eigenvalue weighted by molar-refractivity contribution is -0.144. The van der Waals surface area contributed by atoms with Gasteiger partial charge in [-0.3, -0.25) is 4.79 Å². The number of aromatic nitrogens is 3. The topological polar surface area (TPSA) is 97.1 Å². The summed E-state index contributed by atoms with van der Waals surface area (Å²) in [5.74, 6) is -1.44. The summed E-state index contributed by atoms with van der Waals surface area (Å²) in [5, 5.41) is 16.0. The zero-order chi connectivity index (χ0) is 17.0. The van der Waals surface area contributed by atoms with E-state index in [1.807, 2.05) is 13.8 Å². The fraction of sp³-hybridized carbons (Fsp3) is 0.375. The molecule has 1 atom stereocenters. The SMILES string of the molecule is CCCC(C)(NC(=O)c1ccc(-n2cncn2)c(C)c1)C(=O)O. The molecular formula is C16H20N4O3. The Kier molecular flexibility index (Phi) is 4.78. The van der Waals surface area contributed by atoms with Crippen molar-refractivity contribution in [3.05, 3.63) is 42.0 Å². The van der Waals surface area contributed by atoms with Crippen molar-refractivity contribution in [1.82, 2.24) is 20.1 Å². The van der Waals surface area contributed by atoms with E-state index in [-0.39, 0.29) is 0 Å². The average Bonchev–Trinajstić information content (AvgIpc) is 3.01. The lowest BCUT2D eigenvalue weighted by atomic mass is 9.95. The van der Waals surface area contributed by atoms with Gasteiger partial charge in [0, 0.05) is 5.56 Å². The van der Waals surface area contributed by atoms with E-state index in [0.717, 1.165) is 11.3 Å². The van der Waals surface area contributed by atoms with Crippen LogP contribution in [0.3, 0.4) is 0 Å². The summed E-state index contributed by atoms with van der Waals surface area (Å²) in [4.78, 5) is 27.7. The van der Waals surface area contributed by atoms with Gasteiger partial charge in [0.25, 0.3) is 5.91 Å². The summed E-state index contributed by atoms with van der Waals surface area (Å²) in [5.41, 5.74) is 0.795. The van der Waals surface area contributed by atoms with Crippen molar-refractivity contribution in [2.75, 3.05) is 0 Å². The van der Waals surface area contributed by atoms with Gasteiger partial charge in [-0.25, -0.2) is 14.5 Å². The van der Waals surface area contributed by atoms with Gasteiger partial charge in [-0.1, -0.05) is 13.3 Å². The van der Waals surface area contributed by atoms with Crippen LogP contribution < -0.4 is 5.32 Å². The van der Waals surface area contributed by atoms with Crippen LogP contribution in [0.25, 0.3) is 5.69 Å². The van der Waals surface area contributed by atoms with Gasteiger partial charge < -0.3 is 10.4 Å². The van der Waals surface area contributed by atoms with Crippen molar-refractivity contribution >= 4 is 11.9 Å². The summed E-state index contributed by atoms with van der Waals surface area (Å²) >= 11 is 0. The Morgan fingerprint density at radius 3 is 2.65 bits per heavy atom. The van der Waals surface area contributed by atoms with Crippen LogP contribution in [-0.4, -0.2) is 37.3 Å². The minimum Gasteiger partial charge on any atom is -0.480 e. The normalized spacial score (nSPS) is 13.3. The highest BCUT2D eigenvalue weighted by atomic mass is 16.4. The number of aryl methyl sites for hydroxylation is 1. The number of hydrogen-bond acceptors (Lipinski definition) is 4. The number of aliphatic carboxylic acids is 1. The molecule has 1 amide bonds. The summed E-state index contributed by atoms with van der Waals surface area (Å²) in [7, 11) is 0. The molecule has 0 radical (unpaired) electrons. The second-order valence-electron chi connectivity index (χ2n) is 5.68. The summed E-state index contributed by atoms with van der Waals surface area (Å²) in [6, 6.07) is 5.12. The van der Waals surface area contributed by atoms with Gasteiger partial charge in [0.05, 0.1) is 5.69 Å². The zero-order valence-electron chi connectivity index (χ0n) is 13.4. The first kappa shape index (κ1) is 16.7. The van der Waals surface area contributed by atoms with E-state index in [1.54, 1.807) is 29.2 Å². The van der Waals surface area contributed by atoms with Crippen molar-refractivity contribution < 1.29 is 14.7 Å². The van der Waals surface area contributed by atoms with Crippen LogP contribution in [0.15, 0.2) is 30.9 Å². The fourth-order valence-corrected chi connectivity index (χ4v) is 2.43. The number of nitrogens with one attached hydrogen (secondary N) is 1. The van der Waals surface area contributed by atoms with Crippen molar-refractivity contribution in [3.8, 4) is 5.69 Å². The fourth-order valence-electron chi connectivity index (χ4n) is 2.43. The molecule has 1 aromatic carbocycles. The minimum absolute atomic E-state index is 0.365. The highest BCUT2D eigenvalue weighted by Crippen LogP contribution is 2.17. The first-order valence-corrected chi connectivity index (χ1v) is 7.39. The molecular weight excluding hydrogens is 296 g/mol. The molecule has 7 nitrogen and oxygen atoms in total. The second-order valence-corrected chi connectivity index (χ2v) is 5.68. The van der Waals surface area contributed by atoms with Crippen LogP contribution >= 0.6 is 0 Å². The molecule has 1 aromatic heterocycles. The molecule has 0 aliphatic carbocycles. The number of nitrogens with zero attached hydrogens (tertiary/aromatic N) is 3. The third kappa shape index (κ3) is 3.56. The predicted octanol–water partition coefficient (Wildman–Crippen LogP) is 1.95. The average molecular weight is 316 g/mol. The van der Waals surface area contributed by atoms with Crippen LogP contribution in [-0.2, 0) is 4.79 Å². The molecule has 1 unspecified atom stereocenters. The summed E-state index contributed by atoms with van der Waals surface area (Å²) in [6.07, 6.45) is 4.03. The number of carboxylic acid groups (broad SMARTS) is 1. The highest BCUT2D eigenvalue weighted by molar-refractivity contribution is 5.98. The Hall–Kier alpha value is -2.70. The van der Waals surface area contributed by atoms with Gasteiger partial charge in [-0.2, -0.15) is 5.10 Å². The monoisotopic (exact) mass is 316 g/mol. The first-order valence-electron chi connectivity index (χ1n) is 7.39. The third-order valence-corrected chi connectivity index (χ3v) is 3.74. The first-order chi connectivity index (χ1) is 10.9. The summed E-state index contributed by atoms with van der Waals surface area (Å²) < 4.78 is 1.61. The molecule has 0 aliphatic rings. The molecule has 0 bridgehead atoms. The van der Waals surface area contributed by atoms with E-state index in [2.05, 4.69) is 15.4 Å². The number of amides is 1. The van der Waals surface area contributed by atoms with Gasteiger partial charge in [0.1, 0.15) is 18.2 Å². The molecule has 0 saturated carbocycles. The van der Waals surface area contributed by atoms with Gasteiger partial charge in [0.15, 0.2) is 0 Å². The van der Waals surface area contributed by atoms with Crippen LogP contribution in [0, 0.1) is 6.92 Å². The van der Waals surface area contributed by atoms with Crippen molar-refractivity contribution in [2.45, 2.75) is 39.2 Å². The third-order valence-electron chi connectivity index (χ3n) is 3.74. The molecule has 2 N–H and O–H groups in total. The molecule has 122 valence electrons. The number of carbonyl (C=O) groups excluding carboxylic acids is 1. The van der Waals surface area contributed by atoms with Gasteiger partial charge >= 0.3 is 5.97 Å². The Balaban J connectivity index is 2.23. The molecule has 0 saturated heterocycles. The molecule has 0 fully saturated rings. The molecule has 1 heterocycles. The maximum atomic E-state index is 12.4. The number of carboxylic acids is 1. The molecule has 7 heteroatoms. The van der Waals surface area contributed by atoms with Crippen LogP contribution in [0.4, 0.5) is 0 Å². The molecule has 0 aliphatic heterocycles. The van der Waals surface area contributed by atoms with Crippen LogP contribution in [0.2, 0.25) is 0 Å². The Morgan fingerprint density at radius 1 is 1.39 bits per heavy atom. The maximum Gasteiger partial charge on any atom is 0.329 e. The van der Waals surface area contributed by atoms with E-state index in [1.165, 1.54) is 13.3 Å².